The molecule has 5 rings (SSSR count). The van der Waals surface area contributed by atoms with Crippen molar-refractivity contribution in [2.45, 2.75) is 46.6 Å². The highest BCUT2D eigenvalue weighted by molar-refractivity contribution is 6.04. The number of nitrogens with zero attached hydrogens (tertiary/aromatic N) is 3. The number of pyridine rings is 2. The Bertz CT molecular complexity index is 1450. The number of H-pyrrole nitrogens is 1. The van der Waals surface area contributed by atoms with Gasteiger partial charge in [-0.05, 0) is 42.3 Å². The summed E-state index contributed by atoms with van der Waals surface area (Å²) in [5.41, 5.74) is 7.52. The standard InChI is InChI=1S/C28H28N4O/c1-5-19-11-10-18(4)31-28(19)33-16-20-14-29-27(23-9-7-6-8-22(20)23)26-21(17(2)3)12-13-25-24(26)15-30-32-25/h6-15,17H,5,16H2,1-4H3,(H,30,32). The minimum Gasteiger partial charge on any atom is -0.473 e. The van der Waals surface area contributed by atoms with E-state index in [1.807, 2.05) is 25.4 Å². The summed E-state index contributed by atoms with van der Waals surface area (Å²) in [6.07, 6.45) is 4.73. The fourth-order valence-electron chi connectivity index (χ4n) is 4.45. The van der Waals surface area contributed by atoms with Gasteiger partial charge in [0.05, 0.1) is 17.4 Å². The molecule has 5 aromatic rings. The van der Waals surface area contributed by atoms with Crippen LogP contribution in [0.4, 0.5) is 0 Å². The summed E-state index contributed by atoms with van der Waals surface area (Å²) in [6.45, 7) is 8.96. The van der Waals surface area contributed by atoms with E-state index in [-0.39, 0.29) is 0 Å². The first kappa shape index (κ1) is 21.1. The van der Waals surface area contributed by atoms with Crippen molar-refractivity contribution in [1.29, 1.82) is 0 Å². The smallest absolute Gasteiger partial charge is 0.217 e. The summed E-state index contributed by atoms with van der Waals surface area (Å²) >= 11 is 0. The SMILES string of the molecule is CCc1ccc(C)nc1OCc1cnc(-c2c(C(C)C)ccc3[nH]ncc23)c2ccccc12. The molecule has 5 nitrogen and oxygen atoms in total. The van der Waals surface area contributed by atoms with E-state index in [9.17, 15) is 0 Å². The summed E-state index contributed by atoms with van der Waals surface area (Å²) in [6, 6.07) is 16.8. The molecule has 0 unspecified atom stereocenters. The molecule has 166 valence electrons. The van der Waals surface area contributed by atoms with E-state index in [1.54, 1.807) is 0 Å². The second kappa shape index (κ2) is 8.66. The fraction of sp³-hybridized carbons (Fsp3) is 0.250. The van der Waals surface area contributed by atoms with Gasteiger partial charge in [-0.1, -0.05) is 57.2 Å². The van der Waals surface area contributed by atoms with Gasteiger partial charge in [0, 0.05) is 39.4 Å². The number of hydrogen-bond acceptors (Lipinski definition) is 4. The van der Waals surface area contributed by atoms with Crippen LogP contribution in [-0.2, 0) is 13.0 Å². The molecule has 5 heteroatoms. The summed E-state index contributed by atoms with van der Waals surface area (Å²) in [4.78, 5) is 9.59. The molecule has 0 fully saturated rings. The van der Waals surface area contributed by atoms with Crippen molar-refractivity contribution in [1.82, 2.24) is 20.2 Å². The number of nitrogens with one attached hydrogen (secondary N) is 1. The number of benzene rings is 2. The van der Waals surface area contributed by atoms with Crippen molar-refractivity contribution in [3.8, 4) is 17.1 Å². The first-order chi connectivity index (χ1) is 16.1. The largest absolute Gasteiger partial charge is 0.473 e. The Morgan fingerprint density at radius 1 is 0.909 bits per heavy atom. The van der Waals surface area contributed by atoms with E-state index in [0.29, 0.717) is 18.4 Å². The monoisotopic (exact) mass is 436 g/mol. The van der Waals surface area contributed by atoms with E-state index >= 15 is 0 Å². The van der Waals surface area contributed by atoms with Crippen molar-refractivity contribution in [3.63, 3.8) is 0 Å². The molecule has 0 saturated carbocycles. The molecule has 0 amide bonds. The molecule has 0 aliphatic carbocycles. The molecule has 1 N–H and O–H groups in total. The molecule has 0 atom stereocenters. The zero-order chi connectivity index (χ0) is 22.9. The average Bonchev–Trinajstić information content (AvgIpc) is 3.31. The lowest BCUT2D eigenvalue weighted by atomic mass is 9.90. The molecular formula is C28H28N4O. The molecule has 0 bridgehead atoms. The predicted molar refractivity (Wildman–Crippen MR) is 134 cm³/mol. The third-order valence-electron chi connectivity index (χ3n) is 6.22. The Balaban J connectivity index is 1.62. The molecule has 0 aliphatic rings. The van der Waals surface area contributed by atoms with E-state index in [0.717, 1.165) is 56.2 Å². The quantitative estimate of drug-likeness (QED) is 0.320. The number of ether oxygens (including phenoxy) is 1. The Labute approximate surface area is 193 Å². The first-order valence-electron chi connectivity index (χ1n) is 11.5. The van der Waals surface area contributed by atoms with Gasteiger partial charge >= 0.3 is 0 Å². The number of hydrogen-bond donors (Lipinski definition) is 1. The normalized spacial score (nSPS) is 11.5. The Morgan fingerprint density at radius 2 is 1.73 bits per heavy atom. The van der Waals surface area contributed by atoms with Gasteiger partial charge in [0.25, 0.3) is 0 Å². The predicted octanol–water partition coefficient (Wildman–Crippen LogP) is 6.75. The van der Waals surface area contributed by atoms with Crippen LogP contribution < -0.4 is 4.74 Å². The van der Waals surface area contributed by atoms with E-state index in [1.165, 1.54) is 5.56 Å². The Kier molecular flexibility index (Phi) is 5.55. The second-order valence-electron chi connectivity index (χ2n) is 8.75. The topological polar surface area (TPSA) is 63.7 Å². The van der Waals surface area contributed by atoms with Gasteiger partial charge in [-0.3, -0.25) is 10.1 Å². The summed E-state index contributed by atoms with van der Waals surface area (Å²) < 4.78 is 6.20. The van der Waals surface area contributed by atoms with Crippen LogP contribution in [0.5, 0.6) is 5.88 Å². The van der Waals surface area contributed by atoms with Gasteiger partial charge in [0.2, 0.25) is 5.88 Å². The van der Waals surface area contributed by atoms with Gasteiger partial charge in [0.1, 0.15) is 6.61 Å². The Morgan fingerprint density at radius 3 is 2.52 bits per heavy atom. The lowest BCUT2D eigenvalue weighted by Gasteiger charge is -2.17. The maximum atomic E-state index is 6.20. The van der Waals surface area contributed by atoms with Gasteiger partial charge in [-0.2, -0.15) is 5.10 Å². The highest BCUT2D eigenvalue weighted by Crippen LogP contribution is 2.38. The van der Waals surface area contributed by atoms with Crippen LogP contribution in [0.2, 0.25) is 0 Å². The molecule has 33 heavy (non-hydrogen) atoms. The number of aromatic nitrogens is 4. The Hall–Kier alpha value is -3.73. The van der Waals surface area contributed by atoms with Crippen LogP contribution in [0.1, 0.15) is 49.1 Å². The van der Waals surface area contributed by atoms with Crippen molar-refractivity contribution in [2.75, 3.05) is 0 Å². The molecule has 0 aliphatic heterocycles. The molecule has 0 radical (unpaired) electrons. The van der Waals surface area contributed by atoms with E-state index in [2.05, 4.69) is 78.4 Å². The summed E-state index contributed by atoms with van der Waals surface area (Å²) in [7, 11) is 0. The number of rotatable bonds is 6. The van der Waals surface area contributed by atoms with E-state index < -0.39 is 0 Å². The third kappa shape index (κ3) is 3.84. The lowest BCUT2D eigenvalue weighted by molar-refractivity contribution is 0.291. The van der Waals surface area contributed by atoms with Crippen LogP contribution in [0.25, 0.3) is 32.9 Å². The van der Waals surface area contributed by atoms with Gasteiger partial charge in [-0.15, -0.1) is 0 Å². The van der Waals surface area contributed by atoms with Crippen molar-refractivity contribution in [2.24, 2.45) is 0 Å². The van der Waals surface area contributed by atoms with Gasteiger partial charge < -0.3 is 4.74 Å². The summed E-state index contributed by atoms with van der Waals surface area (Å²) in [5.74, 6) is 1.07. The van der Waals surface area contributed by atoms with Crippen LogP contribution in [0.3, 0.4) is 0 Å². The molecule has 0 saturated heterocycles. The molecule has 3 aromatic heterocycles. The van der Waals surface area contributed by atoms with Gasteiger partial charge in [-0.25, -0.2) is 4.98 Å². The minimum atomic E-state index is 0.364. The lowest BCUT2D eigenvalue weighted by Crippen LogP contribution is -2.03. The zero-order valence-electron chi connectivity index (χ0n) is 19.5. The molecule has 0 spiro atoms. The van der Waals surface area contributed by atoms with Gasteiger partial charge in [0.15, 0.2) is 0 Å². The van der Waals surface area contributed by atoms with Crippen LogP contribution in [-0.4, -0.2) is 20.2 Å². The highest BCUT2D eigenvalue weighted by Gasteiger charge is 2.18. The molecular weight excluding hydrogens is 408 g/mol. The number of aryl methyl sites for hydroxylation is 2. The van der Waals surface area contributed by atoms with E-state index in [4.69, 9.17) is 9.72 Å². The van der Waals surface area contributed by atoms with Crippen molar-refractivity contribution >= 4 is 21.7 Å². The maximum absolute atomic E-state index is 6.20. The van der Waals surface area contributed by atoms with Crippen LogP contribution in [0.15, 0.2) is 60.9 Å². The fourth-order valence-corrected chi connectivity index (χ4v) is 4.45. The minimum absolute atomic E-state index is 0.364. The molecule has 2 aromatic carbocycles. The zero-order valence-corrected chi connectivity index (χ0v) is 19.5. The second-order valence-corrected chi connectivity index (χ2v) is 8.75. The van der Waals surface area contributed by atoms with Crippen LogP contribution >= 0.6 is 0 Å². The number of fused-ring (bicyclic) bond motifs is 2. The maximum Gasteiger partial charge on any atom is 0.217 e. The summed E-state index contributed by atoms with van der Waals surface area (Å²) in [5, 5.41) is 10.7. The van der Waals surface area contributed by atoms with Crippen molar-refractivity contribution < 1.29 is 4.74 Å². The average molecular weight is 437 g/mol. The van der Waals surface area contributed by atoms with Crippen molar-refractivity contribution in [3.05, 3.63) is 83.3 Å². The highest BCUT2D eigenvalue weighted by atomic mass is 16.5. The number of aromatic amines is 1. The molecule has 3 heterocycles. The third-order valence-corrected chi connectivity index (χ3v) is 6.22. The van der Waals surface area contributed by atoms with Crippen LogP contribution in [0, 0.1) is 6.92 Å². The first-order valence-corrected chi connectivity index (χ1v) is 11.5.